The molecular formula is C19H28FN3O2. The number of benzene rings is 1. The standard InChI is InChI=1S/C19H28FN3O2/c1-21-10-12-22(13-11-21)14-19(25)8-9-23(15-19)18(24)7-4-16-2-5-17(20)6-3-16/h2-3,5-6,25H,4,7-15H2,1H3/t19-/m1/s1. The van der Waals surface area contributed by atoms with Crippen molar-refractivity contribution in [2.45, 2.75) is 24.9 Å². The number of carbonyl (C=O) groups excluding carboxylic acids is 1. The summed E-state index contributed by atoms with van der Waals surface area (Å²) in [5.74, 6) is -0.192. The number of β-amino-alcohol motifs (C(OH)–C–C–N with tert-alkyl or cyclic N) is 1. The molecule has 1 aromatic carbocycles. The normalized spacial score (nSPS) is 25.5. The number of hydrogen-bond donors (Lipinski definition) is 1. The summed E-state index contributed by atoms with van der Waals surface area (Å²) in [7, 11) is 2.11. The molecule has 2 heterocycles. The molecule has 0 aliphatic carbocycles. The molecule has 2 aliphatic rings. The fourth-order valence-corrected chi connectivity index (χ4v) is 3.68. The zero-order valence-electron chi connectivity index (χ0n) is 15.0. The Morgan fingerprint density at radius 2 is 1.84 bits per heavy atom. The Morgan fingerprint density at radius 3 is 2.52 bits per heavy atom. The van der Waals surface area contributed by atoms with Crippen LogP contribution in [-0.4, -0.2) is 84.2 Å². The van der Waals surface area contributed by atoms with E-state index in [1.54, 1.807) is 17.0 Å². The second-order valence-electron chi connectivity index (χ2n) is 7.50. The molecule has 138 valence electrons. The van der Waals surface area contributed by atoms with Crippen molar-refractivity contribution in [3.8, 4) is 0 Å². The summed E-state index contributed by atoms with van der Waals surface area (Å²) < 4.78 is 12.9. The lowest BCUT2D eigenvalue weighted by Gasteiger charge is -2.36. The van der Waals surface area contributed by atoms with E-state index in [-0.39, 0.29) is 11.7 Å². The highest BCUT2D eigenvalue weighted by molar-refractivity contribution is 5.77. The quantitative estimate of drug-likeness (QED) is 0.861. The van der Waals surface area contributed by atoms with Crippen molar-refractivity contribution in [2.75, 3.05) is 52.9 Å². The van der Waals surface area contributed by atoms with Crippen molar-refractivity contribution >= 4 is 5.91 Å². The number of rotatable bonds is 5. The number of hydrogen-bond acceptors (Lipinski definition) is 4. The third kappa shape index (κ3) is 5.00. The van der Waals surface area contributed by atoms with E-state index in [0.29, 0.717) is 38.9 Å². The maximum atomic E-state index is 12.9. The maximum Gasteiger partial charge on any atom is 0.223 e. The van der Waals surface area contributed by atoms with E-state index in [0.717, 1.165) is 31.7 Å². The van der Waals surface area contributed by atoms with Crippen LogP contribution in [0.1, 0.15) is 18.4 Å². The maximum absolute atomic E-state index is 12.9. The summed E-state index contributed by atoms with van der Waals surface area (Å²) in [6.07, 6.45) is 1.64. The van der Waals surface area contributed by atoms with Crippen LogP contribution < -0.4 is 0 Å². The first-order valence-corrected chi connectivity index (χ1v) is 9.09. The number of aryl methyl sites for hydroxylation is 1. The molecule has 0 aromatic heterocycles. The fourth-order valence-electron chi connectivity index (χ4n) is 3.68. The van der Waals surface area contributed by atoms with Gasteiger partial charge in [-0.3, -0.25) is 9.69 Å². The summed E-state index contributed by atoms with van der Waals surface area (Å²) in [6.45, 7) is 5.66. The van der Waals surface area contributed by atoms with E-state index in [4.69, 9.17) is 0 Å². The summed E-state index contributed by atoms with van der Waals surface area (Å²) in [5, 5.41) is 10.9. The van der Waals surface area contributed by atoms with Gasteiger partial charge in [-0.15, -0.1) is 0 Å². The van der Waals surface area contributed by atoms with E-state index in [2.05, 4.69) is 16.8 Å². The van der Waals surface area contributed by atoms with Crippen LogP contribution in [-0.2, 0) is 11.2 Å². The first-order chi connectivity index (χ1) is 11.9. The zero-order valence-corrected chi connectivity index (χ0v) is 15.0. The van der Waals surface area contributed by atoms with E-state index in [1.807, 2.05) is 0 Å². The smallest absolute Gasteiger partial charge is 0.223 e. The average molecular weight is 349 g/mol. The molecule has 0 bridgehead atoms. The predicted octanol–water partition coefficient (Wildman–Crippen LogP) is 0.969. The highest BCUT2D eigenvalue weighted by Gasteiger charge is 2.39. The Morgan fingerprint density at radius 1 is 1.16 bits per heavy atom. The molecular weight excluding hydrogens is 321 g/mol. The molecule has 6 heteroatoms. The van der Waals surface area contributed by atoms with Crippen LogP contribution in [0.15, 0.2) is 24.3 Å². The Hall–Kier alpha value is -1.50. The molecule has 5 nitrogen and oxygen atoms in total. The minimum absolute atomic E-state index is 0.0682. The van der Waals surface area contributed by atoms with Crippen LogP contribution in [0.5, 0.6) is 0 Å². The Labute approximate surface area is 149 Å². The Kier molecular flexibility index (Phi) is 5.71. The van der Waals surface area contributed by atoms with Crippen LogP contribution in [0, 0.1) is 5.82 Å². The molecule has 2 aliphatic heterocycles. The number of piperazine rings is 1. The fraction of sp³-hybridized carbons (Fsp3) is 0.632. The molecule has 1 amide bonds. The van der Waals surface area contributed by atoms with Gasteiger partial charge in [0.15, 0.2) is 0 Å². The molecule has 0 saturated carbocycles. The molecule has 0 spiro atoms. The second kappa shape index (κ2) is 7.81. The number of nitrogens with zero attached hydrogens (tertiary/aromatic N) is 3. The summed E-state index contributed by atoms with van der Waals surface area (Å²) in [6, 6.07) is 6.28. The van der Waals surface area contributed by atoms with Crippen LogP contribution in [0.3, 0.4) is 0 Å². The average Bonchev–Trinajstić information content (AvgIpc) is 2.98. The van der Waals surface area contributed by atoms with Gasteiger partial charge in [0.25, 0.3) is 0 Å². The highest BCUT2D eigenvalue weighted by atomic mass is 19.1. The van der Waals surface area contributed by atoms with Crippen molar-refractivity contribution in [1.29, 1.82) is 0 Å². The topological polar surface area (TPSA) is 47.0 Å². The van der Waals surface area contributed by atoms with Crippen LogP contribution in [0.25, 0.3) is 0 Å². The lowest BCUT2D eigenvalue weighted by Crippen LogP contribution is -2.52. The van der Waals surface area contributed by atoms with E-state index < -0.39 is 5.60 Å². The van der Waals surface area contributed by atoms with Crippen LogP contribution in [0.2, 0.25) is 0 Å². The van der Waals surface area contributed by atoms with Gasteiger partial charge in [-0.25, -0.2) is 4.39 Å². The van der Waals surface area contributed by atoms with Gasteiger partial charge in [0.2, 0.25) is 5.91 Å². The first kappa shape index (κ1) is 18.3. The van der Waals surface area contributed by atoms with Gasteiger partial charge >= 0.3 is 0 Å². The van der Waals surface area contributed by atoms with E-state index >= 15 is 0 Å². The Bertz CT molecular complexity index is 587. The molecule has 3 rings (SSSR count). The van der Waals surface area contributed by atoms with Gasteiger partial charge in [0, 0.05) is 45.7 Å². The van der Waals surface area contributed by atoms with Crippen molar-refractivity contribution in [3.05, 3.63) is 35.6 Å². The molecule has 1 aromatic rings. The number of carbonyl (C=O) groups is 1. The molecule has 2 fully saturated rings. The summed E-state index contributed by atoms with van der Waals surface area (Å²) in [5.41, 5.74) is 0.170. The predicted molar refractivity (Wildman–Crippen MR) is 94.8 cm³/mol. The minimum Gasteiger partial charge on any atom is -0.387 e. The zero-order chi connectivity index (χ0) is 17.9. The van der Waals surface area contributed by atoms with Gasteiger partial charge < -0.3 is 14.9 Å². The third-order valence-electron chi connectivity index (χ3n) is 5.34. The summed E-state index contributed by atoms with van der Waals surface area (Å²) >= 11 is 0. The van der Waals surface area contributed by atoms with Crippen molar-refractivity contribution in [2.24, 2.45) is 0 Å². The van der Waals surface area contributed by atoms with Crippen molar-refractivity contribution < 1.29 is 14.3 Å². The summed E-state index contributed by atoms with van der Waals surface area (Å²) in [4.78, 5) is 18.8. The Balaban J connectivity index is 1.46. The number of likely N-dealkylation sites (tertiary alicyclic amines) is 1. The molecule has 1 N–H and O–H groups in total. The van der Waals surface area contributed by atoms with Gasteiger partial charge in [0.05, 0.1) is 12.1 Å². The molecule has 2 saturated heterocycles. The minimum atomic E-state index is -0.790. The van der Waals surface area contributed by atoms with Gasteiger partial charge in [-0.2, -0.15) is 0 Å². The van der Waals surface area contributed by atoms with E-state index in [9.17, 15) is 14.3 Å². The number of aliphatic hydroxyl groups is 1. The van der Waals surface area contributed by atoms with Crippen molar-refractivity contribution in [1.82, 2.24) is 14.7 Å². The highest BCUT2D eigenvalue weighted by Crippen LogP contribution is 2.24. The van der Waals surface area contributed by atoms with Gasteiger partial charge in [-0.05, 0) is 37.6 Å². The monoisotopic (exact) mass is 349 g/mol. The van der Waals surface area contributed by atoms with Gasteiger partial charge in [-0.1, -0.05) is 12.1 Å². The lowest BCUT2D eigenvalue weighted by atomic mass is 10.0. The first-order valence-electron chi connectivity index (χ1n) is 9.09. The number of amides is 1. The van der Waals surface area contributed by atoms with Gasteiger partial charge in [0.1, 0.15) is 5.82 Å². The number of halogens is 1. The van der Waals surface area contributed by atoms with E-state index in [1.165, 1.54) is 12.1 Å². The largest absolute Gasteiger partial charge is 0.387 e. The third-order valence-corrected chi connectivity index (χ3v) is 5.34. The molecule has 1 atom stereocenters. The molecule has 25 heavy (non-hydrogen) atoms. The SMILES string of the molecule is CN1CCN(C[C@]2(O)CCN(C(=O)CCc3ccc(F)cc3)C2)CC1. The van der Waals surface area contributed by atoms with Crippen LogP contribution >= 0.6 is 0 Å². The van der Waals surface area contributed by atoms with Crippen molar-refractivity contribution in [3.63, 3.8) is 0 Å². The van der Waals surface area contributed by atoms with Crippen LogP contribution in [0.4, 0.5) is 4.39 Å². The lowest BCUT2D eigenvalue weighted by molar-refractivity contribution is -0.131. The molecule has 0 unspecified atom stereocenters. The second-order valence-corrected chi connectivity index (χ2v) is 7.50. The number of likely N-dealkylation sites (N-methyl/N-ethyl adjacent to an activating group) is 1. The molecule has 0 radical (unpaired) electrons.